The number of fused-ring (bicyclic) bond motifs is 1. The van der Waals surface area contributed by atoms with E-state index < -0.39 is 0 Å². The second-order valence-electron chi connectivity index (χ2n) is 9.37. The Hall–Kier alpha value is -3.72. The summed E-state index contributed by atoms with van der Waals surface area (Å²) in [6, 6.07) is 16.0. The summed E-state index contributed by atoms with van der Waals surface area (Å²) in [5, 5.41) is 13.5. The highest BCUT2D eigenvalue weighted by molar-refractivity contribution is 5.80. The van der Waals surface area contributed by atoms with E-state index in [9.17, 15) is 4.79 Å². The molecule has 2 heterocycles. The van der Waals surface area contributed by atoms with Gasteiger partial charge in [-0.2, -0.15) is 0 Å². The molecule has 36 heavy (non-hydrogen) atoms. The number of methoxy groups -OCH3 is 2. The van der Waals surface area contributed by atoms with Gasteiger partial charge in [-0.3, -0.25) is 9.69 Å². The first-order valence-electron chi connectivity index (χ1n) is 12.4. The fourth-order valence-corrected chi connectivity index (χ4v) is 5.00. The zero-order chi connectivity index (χ0) is 24.9. The van der Waals surface area contributed by atoms with Crippen LogP contribution < -0.4 is 15.0 Å². The van der Waals surface area contributed by atoms with Crippen LogP contribution in [0.3, 0.4) is 0 Å². The van der Waals surface area contributed by atoms with E-state index in [2.05, 4.69) is 25.4 Å². The number of nitrogens with one attached hydrogen (secondary N) is 1. The van der Waals surface area contributed by atoms with Crippen molar-refractivity contribution in [2.75, 3.05) is 14.2 Å². The summed E-state index contributed by atoms with van der Waals surface area (Å²) < 4.78 is 12.5. The molecular formula is C27H32N6O3. The highest BCUT2D eigenvalue weighted by atomic mass is 16.5. The lowest BCUT2D eigenvalue weighted by molar-refractivity contribution is 0.134. The molecule has 4 aromatic rings. The molecule has 2 aromatic heterocycles. The number of aromatic amines is 1. The predicted molar refractivity (Wildman–Crippen MR) is 137 cm³/mol. The minimum Gasteiger partial charge on any atom is -0.497 e. The summed E-state index contributed by atoms with van der Waals surface area (Å²) in [5.74, 6) is 2.37. The fraction of sp³-hybridized carbons (Fsp3) is 0.407. The highest BCUT2D eigenvalue weighted by Gasteiger charge is 2.24. The maximum Gasteiger partial charge on any atom is 0.252 e. The Balaban J connectivity index is 1.41. The van der Waals surface area contributed by atoms with Crippen molar-refractivity contribution in [3.63, 3.8) is 0 Å². The third-order valence-corrected chi connectivity index (χ3v) is 7.03. The van der Waals surface area contributed by atoms with Crippen LogP contribution in [0.2, 0.25) is 0 Å². The van der Waals surface area contributed by atoms with Crippen LogP contribution in [0.1, 0.15) is 49.1 Å². The van der Waals surface area contributed by atoms with Crippen LogP contribution in [0, 0.1) is 0 Å². The first kappa shape index (κ1) is 24.0. The normalized spacial score (nSPS) is 14.4. The van der Waals surface area contributed by atoms with Gasteiger partial charge in [-0.15, -0.1) is 5.10 Å². The molecule has 0 atom stereocenters. The van der Waals surface area contributed by atoms with Gasteiger partial charge in [0.2, 0.25) is 0 Å². The summed E-state index contributed by atoms with van der Waals surface area (Å²) in [6.07, 6.45) is 5.88. The summed E-state index contributed by atoms with van der Waals surface area (Å²) in [5.41, 5.74) is 2.56. The van der Waals surface area contributed by atoms with Gasteiger partial charge in [0.05, 0.1) is 27.3 Å². The van der Waals surface area contributed by atoms with Crippen molar-refractivity contribution in [2.45, 2.75) is 57.8 Å². The number of hydrogen-bond donors (Lipinski definition) is 1. The van der Waals surface area contributed by atoms with E-state index in [1.54, 1.807) is 14.2 Å². The molecule has 0 aliphatic heterocycles. The molecule has 9 heteroatoms. The number of pyridine rings is 1. The molecule has 0 saturated heterocycles. The number of hydrogen-bond acceptors (Lipinski definition) is 7. The van der Waals surface area contributed by atoms with Crippen LogP contribution in [0.4, 0.5) is 0 Å². The maximum atomic E-state index is 13.0. The first-order valence-corrected chi connectivity index (χ1v) is 12.4. The average molecular weight is 489 g/mol. The Morgan fingerprint density at radius 2 is 1.72 bits per heavy atom. The zero-order valence-electron chi connectivity index (χ0n) is 20.8. The molecule has 1 aliphatic rings. The van der Waals surface area contributed by atoms with E-state index in [0.717, 1.165) is 52.2 Å². The van der Waals surface area contributed by atoms with Gasteiger partial charge >= 0.3 is 0 Å². The molecular weight excluding hydrogens is 456 g/mol. The second kappa shape index (κ2) is 10.9. The molecule has 0 bridgehead atoms. The van der Waals surface area contributed by atoms with Crippen molar-refractivity contribution >= 4 is 10.9 Å². The number of rotatable bonds is 9. The average Bonchev–Trinajstić information content (AvgIpc) is 3.35. The van der Waals surface area contributed by atoms with Crippen LogP contribution in [-0.4, -0.2) is 50.4 Å². The van der Waals surface area contributed by atoms with Crippen LogP contribution in [-0.2, 0) is 19.6 Å². The third kappa shape index (κ3) is 5.41. The number of aromatic nitrogens is 5. The fourth-order valence-electron chi connectivity index (χ4n) is 5.00. The molecule has 9 nitrogen and oxygen atoms in total. The monoisotopic (exact) mass is 488 g/mol. The van der Waals surface area contributed by atoms with Crippen LogP contribution in [0.5, 0.6) is 11.5 Å². The van der Waals surface area contributed by atoms with Crippen LogP contribution in [0.15, 0.2) is 53.3 Å². The number of benzene rings is 2. The van der Waals surface area contributed by atoms with Crippen molar-refractivity contribution in [1.82, 2.24) is 30.1 Å². The first-order chi connectivity index (χ1) is 17.6. The molecule has 0 unspecified atom stereocenters. The molecule has 5 rings (SSSR count). The lowest BCUT2D eigenvalue weighted by Crippen LogP contribution is -2.38. The van der Waals surface area contributed by atoms with E-state index in [4.69, 9.17) is 9.47 Å². The number of nitrogens with zero attached hydrogens (tertiary/aromatic N) is 5. The lowest BCUT2D eigenvalue weighted by Gasteiger charge is -2.33. The van der Waals surface area contributed by atoms with Crippen molar-refractivity contribution in [3.05, 3.63) is 75.8 Å². The Kier molecular flexibility index (Phi) is 7.27. The topological polar surface area (TPSA) is 98.2 Å². The SMILES string of the molecule is COc1ccc(Cn2nnnc2CN(Cc2cc3cc(OC)ccc3[nH]c2=O)C2CCCCC2)cc1. The van der Waals surface area contributed by atoms with Crippen molar-refractivity contribution in [2.24, 2.45) is 0 Å². The van der Waals surface area contributed by atoms with Gasteiger partial charge < -0.3 is 14.5 Å². The Labute approximate surface area is 210 Å². The third-order valence-electron chi connectivity index (χ3n) is 7.03. The smallest absolute Gasteiger partial charge is 0.252 e. The van der Waals surface area contributed by atoms with E-state index in [0.29, 0.717) is 25.7 Å². The summed E-state index contributed by atoms with van der Waals surface area (Å²) in [4.78, 5) is 18.4. The summed E-state index contributed by atoms with van der Waals surface area (Å²) in [7, 11) is 3.31. The minimum absolute atomic E-state index is 0.0636. The second-order valence-corrected chi connectivity index (χ2v) is 9.37. The van der Waals surface area contributed by atoms with Gasteiger partial charge in [0.1, 0.15) is 11.5 Å². The quantitative estimate of drug-likeness (QED) is 0.381. The van der Waals surface area contributed by atoms with Crippen LogP contribution >= 0.6 is 0 Å². The van der Waals surface area contributed by atoms with E-state index in [1.165, 1.54) is 19.3 Å². The van der Waals surface area contributed by atoms with Crippen LogP contribution in [0.25, 0.3) is 10.9 Å². The zero-order valence-corrected chi connectivity index (χ0v) is 20.8. The number of tetrazole rings is 1. The predicted octanol–water partition coefficient (Wildman–Crippen LogP) is 3.92. The van der Waals surface area contributed by atoms with Gasteiger partial charge in [-0.25, -0.2) is 4.68 Å². The molecule has 0 radical (unpaired) electrons. The minimum atomic E-state index is -0.0636. The molecule has 188 valence electrons. The largest absolute Gasteiger partial charge is 0.497 e. The number of H-pyrrole nitrogens is 1. The molecule has 2 aromatic carbocycles. The van der Waals surface area contributed by atoms with E-state index in [-0.39, 0.29) is 5.56 Å². The van der Waals surface area contributed by atoms with E-state index >= 15 is 0 Å². The molecule has 0 amide bonds. The summed E-state index contributed by atoms with van der Waals surface area (Å²) in [6.45, 7) is 1.67. The van der Waals surface area contributed by atoms with Gasteiger partial charge in [-0.05, 0) is 65.2 Å². The lowest BCUT2D eigenvalue weighted by atomic mass is 9.93. The Bertz CT molecular complexity index is 1360. The molecule has 1 N–H and O–H groups in total. The van der Waals surface area contributed by atoms with E-state index in [1.807, 2.05) is 53.2 Å². The molecule has 1 saturated carbocycles. The maximum absolute atomic E-state index is 13.0. The highest BCUT2D eigenvalue weighted by Crippen LogP contribution is 2.26. The van der Waals surface area contributed by atoms with Gasteiger partial charge in [0.25, 0.3) is 5.56 Å². The Morgan fingerprint density at radius 1 is 0.972 bits per heavy atom. The van der Waals surface area contributed by atoms with Crippen molar-refractivity contribution < 1.29 is 9.47 Å². The number of ether oxygens (including phenoxy) is 2. The summed E-state index contributed by atoms with van der Waals surface area (Å²) >= 11 is 0. The molecule has 1 fully saturated rings. The van der Waals surface area contributed by atoms with Crippen molar-refractivity contribution in [3.8, 4) is 11.5 Å². The molecule has 0 spiro atoms. The van der Waals surface area contributed by atoms with Gasteiger partial charge in [-0.1, -0.05) is 31.4 Å². The standard InChI is InChI=1S/C27H32N6O3/c1-35-23-10-8-19(9-11-23)16-33-26(29-30-31-33)18-32(22-6-4-3-5-7-22)17-21-14-20-15-24(36-2)12-13-25(20)28-27(21)34/h8-15,22H,3-7,16-18H2,1-2H3,(H,28,34). The van der Waals surface area contributed by atoms with Gasteiger partial charge in [0, 0.05) is 29.1 Å². The molecule has 1 aliphatic carbocycles. The van der Waals surface area contributed by atoms with Crippen molar-refractivity contribution in [1.29, 1.82) is 0 Å². The Morgan fingerprint density at radius 3 is 2.47 bits per heavy atom. The van der Waals surface area contributed by atoms with Gasteiger partial charge in [0.15, 0.2) is 5.82 Å².